The van der Waals surface area contributed by atoms with Crippen LogP contribution in [0.3, 0.4) is 0 Å². The molecule has 0 amide bonds. The number of rotatable bonds is 2. The van der Waals surface area contributed by atoms with Crippen molar-refractivity contribution < 1.29 is 25.8 Å². The zero-order chi connectivity index (χ0) is 4.12. The third kappa shape index (κ3) is 26.2. The molecule has 0 aliphatic heterocycles. The molecule has 0 atom stereocenters. The topological polar surface area (TPSA) is 12.0 Å². The fourth-order valence-electron chi connectivity index (χ4n) is 0.250. The Morgan fingerprint density at radius 2 is 1.25 bits per heavy atom. The number of nitrogens with one attached hydrogen (secondary N) is 1. The number of hydrogen-bond acceptors (Lipinski definition) is 1. The molecule has 0 spiro atoms. The molecule has 0 unspecified atom stereocenters. The second-order valence-corrected chi connectivity index (χ2v) is 0.957. The fraction of sp³-hybridized carbons (Fsp3) is 1.00. The molecule has 0 aliphatic rings. The van der Waals surface area contributed by atoms with E-state index in [-0.39, 0.29) is 50.7 Å². The molecule has 0 aromatic carbocycles. The zero-order valence-corrected chi connectivity index (χ0v) is 10.5. The van der Waals surface area contributed by atoms with Crippen LogP contribution in [-0.2, 0) is 25.8 Å². The molecule has 0 aliphatic carbocycles. The van der Waals surface area contributed by atoms with Gasteiger partial charge in [0.15, 0.2) is 0 Å². The van der Waals surface area contributed by atoms with E-state index >= 15 is 0 Å². The van der Waals surface area contributed by atoms with Crippen LogP contribution in [0.2, 0.25) is 0 Å². The van der Waals surface area contributed by atoms with Gasteiger partial charge in [-0.3, -0.25) is 0 Å². The molecule has 0 bridgehead atoms. The Bertz CT molecular complexity index is 21.5. The molecule has 4 heteroatoms. The van der Waals surface area contributed by atoms with Gasteiger partial charge in [-0.1, -0.05) is 13.8 Å². The molecule has 0 saturated carbocycles. The summed E-state index contributed by atoms with van der Waals surface area (Å²) >= 11 is 0. The smallest absolute Gasteiger partial charge is 0 e. The summed E-state index contributed by atoms with van der Waals surface area (Å²) in [5, 5.41) is 3.11. The predicted molar refractivity (Wildman–Crippen MR) is 38.7 cm³/mol. The van der Waals surface area contributed by atoms with Crippen LogP contribution in [-0.4, -0.2) is 13.1 Å². The summed E-state index contributed by atoms with van der Waals surface area (Å²) in [6, 6.07) is 0. The largest absolute Gasteiger partial charge is 0.317 e. The Balaban J connectivity index is -0.0000000267. The van der Waals surface area contributed by atoms with Gasteiger partial charge in [0.05, 0.1) is 0 Å². The quantitative estimate of drug-likeness (QED) is 0.758. The Labute approximate surface area is 82.6 Å². The van der Waals surface area contributed by atoms with Crippen molar-refractivity contribution in [2.75, 3.05) is 13.1 Å². The second kappa shape index (κ2) is 23.7. The summed E-state index contributed by atoms with van der Waals surface area (Å²) in [7, 11) is 0. The van der Waals surface area contributed by atoms with Crippen LogP contribution in [0.15, 0.2) is 0 Å². The van der Waals surface area contributed by atoms with E-state index in [2.05, 4.69) is 19.2 Å². The maximum atomic E-state index is 3.11. The average Bonchev–Trinajstić information content (AvgIpc) is 1.41. The SMILES string of the molecule is CCNCC.Cl.Cl.[Hf]. The van der Waals surface area contributed by atoms with Crippen LogP contribution in [0.25, 0.3) is 0 Å². The van der Waals surface area contributed by atoms with Crippen LogP contribution in [0.1, 0.15) is 13.8 Å². The molecule has 0 aromatic rings. The van der Waals surface area contributed by atoms with Gasteiger partial charge >= 0.3 is 0 Å². The van der Waals surface area contributed by atoms with Crippen LogP contribution in [0.5, 0.6) is 0 Å². The van der Waals surface area contributed by atoms with E-state index < -0.39 is 0 Å². The predicted octanol–water partition coefficient (Wildman–Crippen LogP) is 1.46. The van der Waals surface area contributed by atoms with Crippen molar-refractivity contribution in [3.63, 3.8) is 0 Å². The van der Waals surface area contributed by atoms with Gasteiger partial charge in [0.1, 0.15) is 0 Å². The summed E-state index contributed by atoms with van der Waals surface area (Å²) in [6.45, 7) is 6.39. The Kier molecular flexibility index (Phi) is 67.5. The average molecular weight is 325 g/mol. The second-order valence-electron chi connectivity index (χ2n) is 0.957. The van der Waals surface area contributed by atoms with Gasteiger partial charge in [-0.2, -0.15) is 0 Å². The van der Waals surface area contributed by atoms with Gasteiger partial charge in [0.25, 0.3) is 0 Å². The fourth-order valence-corrected chi connectivity index (χ4v) is 0.250. The number of halogens is 2. The third-order valence-corrected chi connectivity index (χ3v) is 0.500. The maximum Gasteiger partial charge on any atom is 0 e. The van der Waals surface area contributed by atoms with E-state index in [0.29, 0.717) is 0 Å². The van der Waals surface area contributed by atoms with E-state index in [4.69, 9.17) is 0 Å². The summed E-state index contributed by atoms with van der Waals surface area (Å²) in [5.74, 6) is 0. The van der Waals surface area contributed by atoms with Gasteiger partial charge in [-0.15, -0.1) is 24.8 Å². The molecule has 0 saturated heterocycles. The summed E-state index contributed by atoms with van der Waals surface area (Å²) in [6.07, 6.45) is 0. The van der Waals surface area contributed by atoms with Crippen molar-refractivity contribution in [2.45, 2.75) is 13.8 Å². The molecule has 0 fully saturated rings. The summed E-state index contributed by atoms with van der Waals surface area (Å²) < 4.78 is 0. The summed E-state index contributed by atoms with van der Waals surface area (Å²) in [4.78, 5) is 0. The first-order valence-electron chi connectivity index (χ1n) is 2.12. The van der Waals surface area contributed by atoms with Crippen molar-refractivity contribution in [1.82, 2.24) is 5.32 Å². The van der Waals surface area contributed by atoms with E-state index in [0.717, 1.165) is 13.1 Å². The molecule has 52 valence electrons. The normalized spacial score (nSPS) is 5.25. The Morgan fingerprint density at radius 3 is 1.25 bits per heavy atom. The van der Waals surface area contributed by atoms with E-state index in [1.54, 1.807) is 0 Å². The molecule has 1 N–H and O–H groups in total. The Morgan fingerprint density at radius 1 is 1.00 bits per heavy atom. The van der Waals surface area contributed by atoms with Gasteiger partial charge in [-0.25, -0.2) is 0 Å². The number of hydrogen-bond donors (Lipinski definition) is 1. The van der Waals surface area contributed by atoms with Crippen LogP contribution < -0.4 is 5.32 Å². The van der Waals surface area contributed by atoms with Crippen LogP contribution in [0, 0.1) is 0 Å². The molecule has 0 heterocycles. The molecule has 0 aromatic heterocycles. The van der Waals surface area contributed by atoms with Crippen molar-refractivity contribution in [3.05, 3.63) is 0 Å². The monoisotopic (exact) mass is 325 g/mol. The molecular weight excluding hydrogens is 311 g/mol. The molecule has 0 radical (unpaired) electrons. The first-order chi connectivity index (χ1) is 2.41. The van der Waals surface area contributed by atoms with Crippen molar-refractivity contribution in [2.24, 2.45) is 0 Å². The standard InChI is InChI=1S/C4H11N.2ClH.Hf/c1-3-5-4-2;;;/h5H,3-4H2,1-2H3;2*1H;. The van der Waals surface area contributed by atoms with Gasteiger partial charge in [0, 0.05) is 25.8 Å². The molecular formula is C4H13Cl2HfN. The third-order valence-electron chi connectivity index (χ3n) is 0.500. The minimum Gasteiger partial charge on any atom is -0.317 e. The maximum absolute atomic E-state index is 3.11. The van der Waals surface area contributed by atoms with Gasteiger partial charge in [-0.05, 0) is 13.1 Å². The van der Waals surface area contributed by atoms with E-state index in [1.165, 1.54) is 0 Å². The molecule has 8 heavy (non-hydrogen) atoms. The van der Waals surface area contributed by atoms with Crippen LogP contribution in [0.4, 0.5) is 0 Å². The first-order valence-corrected chi connectivity index (χ1v) is 2.12. The van der Waals surface area contributed by atoms with Crippen LogP contribution >= 0.6 is 24.8 Å². The Hall–Kier alpha value is 1.41. The first kappa shape index (κ1) is 22.7. The summed E-state index contributed by atoms with van der Waals surface area (Å²) in [5.41, 5.74) is 0. The van der Waals surface area contributed by atoms with Crippen molar-refractivity contribution in [1.29, 1.82) is 0 Å². The molecule has 0 rings (SSSR count). The van der Waals surface area contributed by atoms with Crippen molar-refractivity contribution >= 4 is 24.8 Å². The minimum atomic E-state index is 0. The van der Waals surface area contributed by atoms with Crippen molar-refractivity contribution in [3.8, 4) is 0 Å². The van der Waals surface area contributed by atoms with E-state index in [1.807, 2.05) is 0 Å². The van der Waals surface area contributed by atoms with Gasteiger partial charge < -0.3 is 5.32 Å². The minimum absolute atomic E-state index is 0. The van der Waals surface area contributed by atoms with E-state index in [9.17, 15) is 0 Å². The van der Waals surface area contributed by atoms with Gasteiger partial charge in [0.2, 0.25) is 0 Å². The molecule has 1 nitrogen and oxygen atoms in total. The zero-order valence-electron chi connectivity index (χ0n) is 5.23.